The topological polar surface area (TPSA) is 170 Å². The lowest BCUT2D eigenvalue weighted by Crippen LogP contribution is -2.42. The largest absolute Gasteiger partial charge is 0.461 e. The highest BCUT2D eigenvalue weighted by atomic mass is 32.2. The van der Waals surface area contributed by atoms with Crippen LogP contribution in [0.2, 0.25) is 0 Å². The number of hydrogen-bond donors (Lipinski definition) is 1. The lowest BCUT2D eigenvalue weighted by molar-refractivity contribution is -0.421. The molecule has 30 heavy (non-hydrogen) atoms. The van der Waals surface area contributed by atoms with E-state index in [-0.39, 0.29) is 23.5 Å². The zero-order chi connectivity index (χ0) is 22.4. The van der Waals surface area contributed by atoms with Gasteiger partial charge in [0.05, 0.1) is 35.8 Å². The molecular formula is C17H17N5O7S. The number of rotatable bonds is 8. The van der Waals surface area contributed by atoms with E-state index in [1.54, 1.807) is 13.2 Å². The van der Waals surface area contributed by atoms with Crippen LogP contribution in [-0.2, 0) is 14.4 Å². The molecule has 1 aliphatic rings. The Labute approximate surface area is 175 Å². The van der Waals surface area contributed by atoms with Crippen LogP contribution in [0.5, 0.6) is 5.75 Å². The average molecular weight is 435 g/mol. The number of esters is 1. The van der Waals surface area contributed by atoms with Crippen LogP contribution in [0.4, 0.5) is 0 Å². The van der Waals surface area contributed by atoms with Gasteiger partial charge in [-0.3, -0.25) is 19.7 Å². The van der Waals surface area contributed by atoms with Gasteiger partial charge in [0.25, 0.3) is 0 Å². The Kier molecular flexibility index (Phi) is 7.34. The third-order valence-electron chi connectivity index (χ3n) is 3.72. The average Bonchev–Trinajstić information content (AvgIpc) is 2.72. The highest BCUT2D eigenvalue weighted by molar-refractivity contribution is 7.99. The molecule has 0 saturated heterocycles. The van der Waals surface area contributed by atoms with E-state index in [1.807, 2.05) is 6.07 Å². The van der Waals surface area contributed by atoms with Crippen LogP contribution < -0.4 is 10.5 Å². The normalized spacial score (nSPS) is 15.9. The first kappa shape index (κ1) is 22.7. The Bertz CT molecular complexity index is 985. The zero-order valence-corrected chi connectivity index (χ0v) is 17.0. The number of thioether (sulfide) groups is 1. The lowest BCUT2D eigenvalue weighted by atomic mass is 10.1. The third kappa shape index (κ3) is 4.50. The number of nitrogens with two attached hydrogens (primary N) is 1. The van der Waals surface area contributed by atoms with Crippen LogP contribution in [0.3, 0.4) is 0 Å². The van der Waals surface area contributed by atoms with E-state index in [4.69, 9.17) is 25.3 Å². The van der Waals surface area contributed by atoms with Gasteiger partial charge < -0.3 is 15.2 Å². The molecule has 0 saturated carbocycles. The van der Waals surface area contributed by atoms with Gasteiger partial charge >= 0.3 is 17.5 Å². The summed E-state index contributed by atoms with van der Waals surface area (Å²) in [6.07, 6.45) is 1.64. The first-order valence-electron chi connectivity index (χ1n) is 8.30. The van der Waals surface area contributed by atoms with Crippen molar-refractivity contribution in [3.8, 4) is 11.8 Å². The van der Waals surface area contributed by atoms with Crippen LogP contribution >= 0.6 is 11.8 Å². The molecule has 13 heteroatoms. The highest BCUT2D eigenvalue weighted by Crippen LogP contribution is 2.31. The molecule has 0 aromatic heterocycles. The minimum Gasteiger partial charge on any atom is -0.461 e. The molecular weight excluding hydrogens is 418 g/mol. The van der Waals surface area contributed by atoms with Gasteiger partial charge in [0.1, 0.15) is 5.75 Å². The summed E-state index contributed by atoms with van der Waals surface area (Å²) in [4.78, 5) is 44.1. The molecule has 0 fully saturated rings. The Balaban J connectivity index is 2.65. The molecule has 0 aliphatic carbocycles. The number of ether oxygens (including phenoxy) is 2. The van der Waals surface area contributed by atoms with E-state index < -0.39 is 39.6 Å². The third-order valence-corrected chi connectivity index (χ3v) is 4.44. The lowest BCUT2D eigenvalue weighted by Gasteiger charge is -2.31. The summed E-state index contributed by atoms with van der Waals surface area (Å²) >= 11 is 1.11. The van der Waals surface area contributed by atoms with E-state index in [2.05, 4.69) is 4.99 Å². The minimum absolute atomic E-state index is 0.00124. The molecule has 12 nitrogen and oxygen atoms in total. The van der Waals surface area contributed by atoms with Crippen molar-refractivity contribution in [1.82, 2.24) is 5.06 Å². The van der Waals surface area contributed by atoms with E-state index in [1.165, 1.54) is 19.2 Å². The summed E-state index contributed by atoms with van der Waals surface area (Å²) in [7, 11) is 1.24. The number of nitriles is 1. The molecule has 0 bridgehead atoms. The van der Waals surface area contributed by atoms with Crippen molar-refractivity contribution in [2.24, 2.45) is 10.7 Å². The predicted molar refractivity (Wildman–Crippen MR) is 105 cm³/mol. The second kappa shape index (κ2) is 9.72. The molecule has 1 heterocycles. The fraction of sp³-hybridized carbons (Fsp3) is 0.294. The van der Waals surface area contributed by atoms with Gasteiger partial charge in [0.15, 0.2) is 5.50 Å². The Hall–Kier alpha value is -3.63. The molecule has 1 atom stereocenters. The number of aliphatic imine (C=N–C) groups is 1. The van der Waals surface area contributed by atoms with Crippen LogP contribution in [0.25, 0.3) is 0 Å². The molecule has 1 aliphatic heterocycles. The summed E-state index contributed by atoms with van der Waals surface area (Å²) in [5.74, 6) is -2.40. The summed E-state index contributed by atoms with van der Waals surface area (Å²) in [6.45, 7) is 1.53. The monoisotopic (exact) mass is 435 g/mol. The number of carbonyl (C=O) groups is 2. The van der Waals surface area contributed by atoms with Gasteiger partial charge in [0.2, 0.25) is 11.6 Å². The molecule has 0 radical (unpaired) electrons. The molecule has 2 rings (SSSR count). The van der Waals surface area contributed by atoms with Crippen LogP contribution in [0.15, 0.2) is 34.8 Å². The first-order chi connectivity index (χ1) is 14.3. The number of primary amides is 1. The summed E-state index contributed by atoms with van der Waals surface area (Å²) < 4.78 is 10.5. The van der Waals surface area contributed by atoms with Crippen molar-refractivity contribution in [3.05, 3.63) is 51.0 Å². The predicted octanol–water partition coefficient (Wildman–Crippen LogP) is 1.01. The number of nitrogens with zero attached hydrogens (tertiary/aromatic N) is 4. The number of hydroxylamine groups is 2. The fourth-order valence-corrected chi connectivity index (χ4v) is 3.04. The Morgan fingerprint density at radius 3 is 2.67 bits per heavy atom. The molecule has 1 unspecified atom stereocenters. The number of hydrogen-bond acceptors (Lipinski definition) is 11. The Morgan fingerprint density at radius 2 is 2.17 bits per heavy atom. The maximum atomic E-state index is 12.3. The van der Waals surface area contributed by atoms with E-state index in [0.29, 0.717) is 0 Å². The van der Waals surface area contributed by atoms with Crippen molar-refractivity contribution < 1.29 is 28.8 Å². The minimum atomic E-state index is -1.00. The van der Waals surface area contributed by atoms with Crippen molar-refractivity contribution in [1.29, 1.82) is 5.26 Å². The number of benzene rings is 1. The molecule has 1 aromatic rings. The van der Waals surface area contributed by atoms with Crippen molar-refractivity contribution >= 4 is 29.4 Å². The molecule has 2 N–H and O–H groups in total. The van der Waals surface area contributed by atoms with Crippen LogP contribution in [0.1, 0.15) is 22.8 Å². The Morgan fingerprint density at radius 1 is 1.47 bits per heavy atom. The molecule has 1 aromatic carbocycles. The van der Waals surface area contributed by atoms with Gasteiger partial charge in [-0.25, -0.2) is 9.79 Å². The maximum absolute atomic E-state index is 12.3. The van der Waals surface area contributed by atoms with Gasteiger partial charge in [0, 0.05) is 0 Å². The summed E-state index contributed by atoms with van der Waals surface area (Å²) in [6, 6.07) is 5.55. The van der Waals surface area contributed by atoms with Crippen molar-refractivity contribution in [2.45, 2.75) is 12.4 Å². The standard InChI is InChI=1S/C17H17N5O7S/c1-4-28-16(24)12-13(22(25)26)15(21(27-2)17(20-12)30-3)29-10-6-5-9(8-18)11(7-10)14(19)23/h5-7,17H,4H2,1-3H3,(H2,19,23). The van der Waals surface area contributed by atoms with Gasteiger partial charge in [-0.1, -0.05) is 0 Å². The number of nitro groups is 1. The zero-order valence-electron chi connectivity index (χ0n) is 16.1. The van der Waals surface area contributed by atoms with Crippen LogP contribution in [-0.4, -0.2) is 53.0 Å². The van der Waals surface area contributed by atoms with E-state index in [9.17, 15) is 19.7 Å². The molecule has 158 valence electrons. The van der Waals surface area contributed by atoms with E-state index >= 15 is 0 Å². The second-order valence-corrected chi connectivity index (χ2v) is 6.36. The molecule has 1 amide bonds. The highest BCUT2D eigenvalue weighted by Gasteiger charge is 2.43. The van der Waals surface area contributed by atoms with Crippen molar-refractivity contribution in [3.63, 3.8) is 0 Å². The second-order valence-electron chi connectivity index (χ2n) is 5.46. The fourth-order valence-electron chi connectivity index (χ4n) is 2.46. The van der Waals surface area contributed by atoms with Crippen LogP contribution in [0, 0.1) is 21.4 Å². The van der Waals surface area contributed by atoms with Crippen molar-refractivity contribution in [2.75, 3.05) is 20.0 Å². The van der Waals surface area contributed by atoms with Gasteiger partial charge in [-0.15, -0.1) is 11.8 Å². The van der Waals surface area contributed by atoms with Gasteiger partial charge in [-0.2, -0.15) is 10.3 Å². The van der Waals surface area contributed by atoms with Gasteiger partial charge in [-0.05, 0) is 31.4 Å². The first-order valence-corrected chi connectivity index (χ1v) is 9.59. The smallest absolute Gasteiger partial charge is 0.364 e. The summed E-state index contributed by atoms with van der Waals surface area (Å²) in [5.41, 5.74) is 2.90. The molecule has 0 spiro atoms. The maximum Gasteiger partial charge on any atom is 0.364 e. The number of amides is 1. The quantitative estimate of drug-likeness (QED) is 0.353. The van der Waals surface area contributed by atoms with E-state index in [0.717, 1.165) is 22.9 Å². The number of carbonyl (C=O) groups excluding carboxylic acids is 2. The SMILES string of the molecule is CCOC(=O)C1=NC(SC)N(OC)C(Oc2ccc(C#N)c(C(N)=O)c2)=C1[N+](=O)[O-]. The summed E-state index contributed by atoms with van der Waals surface area (Å²) in [5, 5.41) is 21.9.